The molecule has 0 saturated carbocycles. The van der Waals surface area contributed by atoms with Crippen molar-refractivity contribution in [1.29, 1.82) is 0 Å². The van der Waals surface area contributed by atoms with Crippen molar-refractivity contribution >= 4 is 21.4 Å². The summed E-state index contributed by atoms with van der Waals surface area (Å²) in [6.07, 6.45) is 2.20. The second-order valence-electron chi connectivity index (χ2n) is 6.83. The SMILES string of the molecule is CC.CCCC(CC)O/N=C(\c1ccccc1)c1cc(C)ccc1NS(=O)(=O)C(F)(F)F. The Bertz CT molecular complexity index is 976. The molecule has 1 N–H and O–H groups in total. The Morgan fingerprint density at radius 3 is 2.25 bits per heavy atom. The third kappa shape index (κ3) is 7.55. The lowest BCUT2D eigenvalue weighted by molar-refractivity contribution is -0.0429. The number of nitrogens with one attached hydrogen (secondary N) is 1. The molecule has 32 heavy (non-hydrogen) atoms. The van der Waals surface area contributed by atoms with Crippen LogP contribution in [0.1, 0.15) is 63.6 Å². The number of sulfonamides is 1. The number of aryl methyl sites for hydroxylation is 1. The molecule has 0 saturated heterocycles. The van der Waals surface area contributed by atoms with E-state index in [4.69, 9.17) is 4.84 Å². The first-order chi connectivity index (χ1) is 15.1. The molecule has 178 valence electrons. The van der Waals surface area contributed by atoms with Crippen LogP contribution in [0.15, 0.2) is 53.7 Å². The first-order valence-electron chi connectivity index (χ1n) is 10.6. The molecule has 0 aliphatic carbocycles. The predicted octanol–water partition coefficient (Wildman–Crippen LogP) is 6.63. The van der Waals surface area contributed by atoms with Crippen LogP contribution >= 0.6 is 0 Å². The highest BCUT2D eigenvalue weighted by atomic mass is 32.2. The first kappa shape index (κ1) is 27.5. The highest BCUT2D eigenvalue weighted by Gasteiger charge is 2.46. The number of alkyl halides is 3. The third-order valence-electron chi connectivity index (χ3n) is 4.39. The zero-order valence-corrected chi connectivity index (χ0v) is 19.8. The summed E-state index contributed by atoms with van der Waals surface area (Å²) in [7, 11) is -5.59. The van der Waals surface area contributed by atoms with Crippen molar-refractivity contribution < 1.29 is 26.4 Å². The normalized spacial score (nSPS) is 13.1. The van der Waals surface area contributed by atoms with Gasteiger partial charge in [-0.1, -0.05) is 81.2 Å². The lowest BCUT2D eigenvalue weighted by atomic mass is 9.99. The van der Waals surface area contributed by atoms with Gasteiger partial charge in [-0.25, -0.2) is 0 Å². The molecule has 0 aliphatic heterocycles. The molecule has 0 aromatic heterocycles. The molecular weight excluding hydrogens is 441 g/mol. The maximum atomic E-state index is 12.9. The van der Waals surface area contributed by atoms with Crippen LogP contribution in [0.4, 0.5) is 18.9 Å². The monoisotopic (exact) mass is 472 g/mol. The zero-order valence-electron chi connectivity index (χ0n) is 19.0. The van der Waals surface area contributed by atoms with Gasteiger partial charge in [-0.15, -0.1) is 0 Å². The van der Waals surface area contributed by atoms with Gasteiger partial charge < -0.3 is 4.84 Å². The molecular formula is C23H31F3N2O3S. The van der Waals surface area contributed by atoms with E-state index in [-0.39, 0.29) is 23.1 Å². The van der Waals surface area contributed by atoms with Gasteiger partial charge in [-0.2, -0.15) is 21.6 Å². The highest BCUT2D eigenvalue weighted by molar-refractivity contribution is 7.93. The predicted molar refractivity (Wildman–Crippen MR) is 123 cm³/mol. The maximum absolute atomic E-state index is 12.9. The lowest BCUT2D eigenvalue weighted by Gasteiger charge is -2.18. The number of anilines is 1. The first-order valence-corrected chi connectivity index (χ1v) is 12.1. The number of hydrogen-bond donors (Lipinski definition) is 1. The lowest BCUT2D eigenvalue weighted by Crippen LogP contribution is -2.30. The fraction of sp³-hybridized carbons (Fsp3) is 0.435. The Labute approximate surface area is 188 Å². The largest absolute Gasteiger partial charge is 0.516 e. The maximum Gasteiger partial charge on any atom is 0.516 e. The Morgan fingerprint density at radius 2 is 1.72 bits per heavy atom. The molecule has 0 heterocycles. The van der Waals surface area contributed by atoms with Gasteiger partial charge >= 0.3 is 15.5 Å². The molecule has 9 heteroatoms. The van der Waals surface area contributed by atoms with Crippen LogP contribution in [0.5, 0.6) is 0 Å². The van der Waals surface area contributed by atoms with Gasteiger partial charge in [-0.3, -0.25) is 4.72 Å². The minimum absolute atomic E-state index is 0.158. The van der Waals surface area contributed by atoms with Crippen LogP contribution in [0, 0.1) is 6.92 Å². The second-order valence-corrected chi connectivity index (χ2v) is 8.50. The molecule has 1 unspecified atom stereocenters. The molecule has 0 bridgehead atoms. The average molecular weight is 473 g/mol. The van der Waals surface area contributed by atoms with Crippen molar-refractivity contribution in [2.45, 2.75) is 65.5 Å². The summed E-state index contributed by atoms with van der Waals surface area (Å²) in [4.78, 5) is 5.68. The van der Waals surface area contributed by atoms with Crippen LogP contribution in [-0.4, -0.2) is 25.7 Å². The van der Waals surface area contributed by atoms with Crippen molar-refractivity contribution in [2.75, 3.05) is 4.72 Å². The molecule has 2 aromatic carbocycles. The second kappa shape index (κ2) is 12.5. The standard InChI is InChI=1S/C21H25F3N2O3S.C2H6/c1-4-9-17(5-2)29-25-20(16-10-7-6-8-11-16)18-14-15(3)12-13-19(18)26-30(27,28)21(22,23)24;1-2/h6-8,10-14,17,26H,4-5,9H2,1-3H3;1-2H3/b25-20+;. The fourth-order valence-electron chi connectivity index (χ4n) is 2.78. The van der Waals surface area contributed by atoms with E-state index in [2.05, 4.69) is 5.16 Å². The van der Waals surface area contributed by atoms with E-state index in [0.29, 0.717) is 12.0 Å². The number of rotatable bonds is 9. The summed E-state index contributed by atoms with van der Waals surface area (Å²) in [5.41, 5.74) is -3.92. The summed E-state index contributed by atoms with van der Waals surface area (Å²) in [6, 6.07) is 13.1. The fourth-order valence-corrected chi connectivity index (χ4v) is 3.36. The Morgan fingerprint density at radius 1 is 1.09 bits per heavy atom. The Kier molecular flexibility index (Phi) is 10.7. The molecule has 2 aromatic rings. The number of benzene rings is 2. The van der Waals surface area contributed by atoms with E-state index in [9.17, 15) is 21.6 Å². The summed E-state index contributed by atoms with van der Waals surface area (Å²) < 4.78 is 63.9. The average Bonchev–Trinajstić information content (AvgIpc) is 2.76. The van der Waals surface area contributed by atoms with E-state index >= 15 is 0 Å². The number of nitrogens with zero attached hydrogens (tertiary/aromatic N) is 1. The van der Waals surface area contributed by atoms with Crippen molar-refractivity contribution in [1.82, 2.24) is 0 Å². The zero-order chi connectivity index (χ0) is 24.4. The van der Waals surface area contributed by atoms with E-state index in [0.717, 1.165) is 18.4 Å². The van der Waals surface area contributed by atoms with Gasteiger partial charge in [-0.05, 0) is 31.9 Å². The van der Waals surface area contributed by atoms with Crippen molar-refractivity contribution in [3.8, 4) is 0 Å². The smallest absolute Gasteiger partial charge is 0.392 e. The number of hydrogen-bond acceptors (Lipinski definition) is 4. The van der Waals surface area contributed by atoms with Crippen LogP contribution in [0.25, 0.3) is 0 Å². The van der Waals surface area contributed by atoms with E-state index in [1.165, 1.54) is 12.1 Å². The highest BCUT2D eigenvalue weighted by Crippen LogP contribution is 2.29. The molecule has 0 spiro atoms. The minimum atomic E-state index is -5.59. The quantitative estimate of drug-likeness (QED) is 0.329. The van der Waals surface area contributed by atoms with Gasteiger partial charge in [0.05, 0.1) is 5.69 Å². The Hall–Kier alpha value is -2.55. The van der Waals surface area contributed by atoms with Crippen LogP contribution in [-0.2, 0) is 14.9 Å². The van der Waals surface area contributed by atoms with Crippen LogP contribution in [0.3, 0.4) is 0 Å². The molecule has 0 radical (unpaired) electrons. The third-order valence-corrected chi connectivity index (χ3v) is 5.48. The number of oxime groups is 1. The van der Waals surface area contributed by atoms with Crippen molar-refractivity contribution in [2.24, 2.45) is 5.16 Å². The summed E-state index contributed by atoms with van der Waals surface area (Å²) >= 11 is 0. The van der Waals surface area contributed by atoms with Gasteiger partial charge in [0.25, 0.3) is 0 Å². The molecule has 0 amide bonds. The van der Waals surface area contributed by atoms with Crippen LogP contribution < -0.4 is 4.72 Å². The van der Waals surface area contributed by atoms with Crippen molar-refractivity contribution in [3.05, 3.63) is 65.2 Å². The minimum Gasteiger partial charge on any atom is -0.392 e. The van der Waals surface area contributed by atoms with E-state index < -0.39 is 15.5 Å². The van der Waals surface area contributed by atoms with Crippen molar-refractivity contribution in [3.63, 3.8) is 0 Å². The van der Waals surface area contributed by atoms with Gasteiger partial charge in [0.2, 0.25) is 0 Å². The van der Waals surface area contributed by atoms with E-state index in [1.807, 2.05) is 27.7 Å². The van der Waals surface area contributed by atoms with E-state index in [1.54, 1.807) is 48.0 Å². The molecule has 2 rings (SSSR count). The summed E-state index contributed by atoms with van der Waals surface area (Å²) in [6.45, 7) is 9.72. The molecule has 0 fully saturated rings. The Balaban J connectivity index is 0.00000249. The van der Waals surface area contributed by atoms with Gasteiger partial charge in [0, 0.05) is 11.1 Å². The van der Waals surface area contributed by atoms with Crippen LogP contribution in [0.2, 0.25) is 0 Å². The summed E-state index contributed by atoms with van der Waals surface area (Å²) in [5.74, 6) is 0. The molecule has 1 atom stereocenters. The number of halogens is 3. The van der Waals surface area contributed by atoms with Gasteiger partial charge in [0.1, 0.15) is 11.8 Å². The molecule has 5 nitrogen and oxygen atoms in total. The topological polar surface area (TPSA) is 67.8 Å². The molecule has 0 aliphatic rings. The summed E-state index contributed by atoms with van der Waals surface area (Å²) in [5, 5.41) is 4.25. The van der Waals surface area contributed by atoms with Gasteiger partial charge in [0.15, 0.2) is 0 Å².